The molecule has 8 heteroatoms. The maximum atomic E-state index is 11.8. The Labute approximate surface area is 118 Å². The largest absolute Gasteiger partial charge is 0.301 e. The zero-order chi connectivity index (χ0) is 13.1. The second-order valence-electron chi connectivity index (χ2n) is 4.22. The Hall–Kier alpha value is -1.41. The molecule has 0 radical (unpaired) electrons. The van der Waals surface area contributed by atoms with Crippen LogP contribution in [0.25, 0.3) is 0 Å². The number of rotatable bonds is 4. The molecule has 2 aromatic rings. The number of hydrogen-bond donors (Lipinski definition) is 2. The summed E-state index contributed by atoms with van der Waals surface area (Å²) in [6.45, 7) is 0. The number of aryl methyl sites for hydroxylation is 2. The molecule has 0 unspecified atom stereocenters. The van der Waals surface area contributed by atoms with Crippen molar-refractivity contribution < 1.29 is 4.79 Å². The van der Waals surface area contributed by atoms with Gasteiger partial charge in [-0.05, 0) is 25.7 Å². The number of hydrogen-bond acceptors (Lipinski definition) is 6. The quantitative estimate of drug-likeness (QED) is 0.841. The van der Waals surface area contributed by atoms with Gasteiger partial charge in [-0.25, -0.2) is 9.97 Å². The lowest BCUT2D eigenvalue weighted by atomic mass is 10.0. The highest BCUT2D eigenvalue weighted by atomic mass is 32.2. The minimum Gasteiger partial charge on any atom is -0.301 e. The number of carbonyl (C=O) groups is 1. The molecule has 1 amide bonds. The molecular formula is C11H13N5OS2. The summed E-state index contributed by atoms with van der Waals surface area (Å²) in [5.41, 5.74) is 1.16. The van der Waals surface area contributed by atoms with Gasteiger partial charge in [0, 0.05) is 4.88 Å². The third-order valence-electron chi connectivity index (χ3n) is 2.82. The molecule has 3 rings (SSSR count). The van der Waals surface area contributed by atoms with Crippen molar-refractivity contribution in [2.75, 3.05) is 11.1 Å². The molecule has 0 aliphatic heterocycles. The van der Waals surface area contributed by atoms with Crippen LogP contribution in [-0.4, -0.2) is 31.8 Å². The number of amides is 1. The third-order valence-corrected chi connectivity index (χ3v) is 4.77. The third kappa shape index (κ3) is 3.13. The first-order chi connectivity index (χ1) is 9.31. The highest BCUT2D eigenvalue weighted by Crippen LogP contribution is 2.29. The van der Waals surface area contributed by atoms with Crippen molar-refractivity contribution in [2.45, 2.75) is 30.8 Å². The Balaban J connectivity index is 1.55. The fourth-order valence-electron chi connectivity index (χ4n) is 1.96. The topological polar surface area (TPSA) is 83.6 Å². The summed E-state index contributed by atoms with van der Waals surface area (Å²) in [5, 5.41) is 10.6. The molecule has 1 aliphatic carbocycles. The van der Waals surface area contributed by atoms with Gasteiger partial charge in [-0.2, -0.15) is 5.10 Å². The van der Waals surface area contributed by atoms with E-state index in [1.54, 1.807) is 11.3 Å². The monoisotopic (exact) mass is 295 g/mol. The number of aromatic nitrogens is 4. The van der Waals surface area contributed by atoms with E-state index in [9.17, 15) is 4.79 Å². The van der Waals surface area contributed by atoms with Crippen LogP contribution < -0.4 is 5.32 Å². The number of thiazole rings is 1. The van der Waals surface area contributed by atoms with E-state index in [0.29, 0.717) is 10.9 Å². The number of thioether (sulfide) groups is 1. The summed E-state index contributed by atoms with van der Waals surface area (Å²) >= 11 is 2.92. The van der Waals surface area contributed by atoms with Gasteiger partial charge in [0.15, 0.2) is 10.3 Å². The standard InChI is InChI=1S/C11H13N5OS2/c17-9(5-18-10-12-6-13-16-10)15-11-14-7-3-1-2-4-8(7)19-11/h6H,1-5H2,(H,12,13,16)(H,14,15,17). The molecule has 0 spiro atoms. The maximum Gasteiger partial charge on any atom is 0.236 e. The van der Waals surface area contributed by atoms with Crippen LogP contribution in [0, 0.1) is 0 Å². The van der Waals surface area contributed by atoms with Gasteiger partial charge in [-0.1, -0.05) is 11.8 Å². The van der Waals surface area contributed by atoms with Crippen molar-refractivity contribution >= 4 is 34.1 Å². The van der Waals surface area contributed by atoms with Gasteiger partial charge in [0.1, 0.15) is 6.33 Å². The molecule has 0 aromatic carbocycles. The maximum absolute atomic E-state index is 11.8. The fraction of sp³-hybridized carbons (Fsp3) is 0.455. The molecule has 0 saturated carbocycles. The predicted molar refractivity (Wildman–Crippen MR) is 74.5 cm³/mol. The number of nitrogens with zero attached hydrogens (tertiary/aromatic N) is 3. The highest BCUT2D eigenvalue weighted by Gasteiger charge is 2.16. The van der Waals surface area contributed by atoms with Crippen LogP contribution in [0.2, 0.25) is 0 Å². The van der Waals surface area contributed by atoms with Crippen LogP contribution in [0.1, 0.15) is 23.4 Å². The van der Waals surface area contributed by atoms with Crippen molar-refractivity contribution in [3.8, 4) is 0 Å². The lowest BCUT2D eigenvalue weighted by molar-refractivity contribution is -0.113. The van der Waals surface area contributed by atoms with Crippen molar-refractivity contribution in [1.29, 1.82) is 0 Å². The summed E-state index contributed by atoms with van der Waals surface area (Å²) < 4.78 is 0. The Morgan fingerprint density at radius 3 is 3.16 bits per heavy atom. The SMILES string of the molecule is O=C(CSc1ncn[nH]1)Nc1nc2c(s1)CCCC2. The molecule has 100 valence electrons. The second kappa shape index (κ2) is 5.70. The fourth-order valence-corrected chi connectivity index (χ4v) is 3.60. The molecule has 2 N–H and O–H groups in total. The van der Waals surface area contributed by atoms with E-state index >= 15 is 0 Å². The molecule has 2 aromatic heterocycles. The van der Waals surface area contributed by atoms with Crippen LogP contribution >= 0.6 is 23.1 Å². The molecule has 0 atom stereocenters. The lowest BCUT2D eigenvalue weighted by Crippen LogP contribution is -2.14. The smallest absolute Gasteiger partial charge is 0.236 e. The molecule has 6 nitrogen and oxygen atoms in total. The summed E-state index contributed by atoms with van der Waals surface area (Å²) in [5.74, 6) is 0.242. The first-order valence-corrected chi connectivity index (χ1v) is 7.88. The van der Waals surface area contributed by atoms with E-state index in [1.165, 1.54) is 35.8 Å². The van der Waals surface area contributed by atoms with E-state index in [-0.39, 0.29) is 5.91 Å². The Kier molecular flexibility index (Phi) is 3.79. The average molecular weight is 295 g/mol. The van der Waals surface area contributed by atoms with Gasteiger partial charge in [0.05, 0.1) is 11.4 Å². The highest BCUT2D eigenvalue weighted by molar-refractivity contribution is 7.99. The molecule has 0 fully saturated rings. The second-order valence-corrected chi connectivity index (χ2v) is 6.27. The molecule has 2 heterocycles. The number of carbonyl (C=O) groups excluding carboxylic acids is 1. The summed E-state index contributed by atoms with van der Waals surface area (Å²) in [6.07, 6.45) is 5.98. The van der Waals surface area contributed by atoms with Crippen molar-refractivity contribution in [1.82, 2.24) is 20.2 Å². The zero-order valence-electron chi connectivity index (χ0n) is 10.2. The summed E-state index contributed by atoms with van der Waals surface area (Å²) in [7, 11) is 0. The minimum atomic E-state index is -0.0625. The number of aromatic amines is 1. The van der Waals surface area contributed by atoms with Gasteiger partial charge < -0.3 is 5.32 Å². The normalized spacial score (nSPS) is 14.1. The molecule has 1 aliphatic rings. The van der Waals surface area contributed by atoms with Crippen LogP contribution in [0.3, 0.4) is 0 Å². The predicted octanol–water partition coefficient (Wildman–Crippen LogP) is 1.87. The molecule has 0 bridgehead atoms. The number of nitrogens with one attached hydrogen (secondary N) is 2. The Bertz CT molecular complexity index is 542. The Morgan fingerprint density at radius 2 is 2.37 bits per heavy atom. The van der Waals surface area contributed by atoms with E-state index < -0.39 is 0 Å². The summed E-state index contributed by atoms with van der Waals surface area (Å²) in [6, 6.07) is 0. The van der Waals surface area contributed by atoms with E-state index in [0.717, 1.165) is 23.7 Å². The average Bonchev–Trinajstić information content (AvgIpc) is 3.04. The van der Waals surface area contributed by atoms with Crippen LogP contribution in [0.5, 0.6) is 0 Å². The molecule has 19 heavy (non-hydrogen) atoms. The lowest BCUT2D eigenvalue weighted by Gasteiger charge is -2.06. The molecule has 0 saturated heterocycles. The van der Waals surface area contributed by atoms with E-state index in [2.05, 4.69) is 25.5 Å². The van der Waals surface area contributed by atoms with E-state index in [1.807, 2.05) is 0 Å². The summed E-state index contributed by atoms with van der Waals surface area (Å²) in [4.78, 5) is 21.5. The van der Waals surface area contributed by atoms with Gasteiger partial charge in [0.25, 0.3) is 0 Å². The van der Waals surface area contributed by atoms with E-state index in [4.69, 9.17) is 0 Å². The molecular weight excluding hydrogens is 282 g/mol. The number of fused-ring (bicyclic) bond motifs is 1. The van der Waals surface area contributed by atoms with Crippen LogP contribution in [0.4, 0.5) is 5.13 Å². The van der Waals surface area contributed by atoms with Crippen molar-refractivity contribution in [3.05, 3.63) is 16.9 Å². The minimum absolute atomic E-state index is 0.0625. The van der Waals surface area contributed by atoms with Gasteiger partial charge >= 0.3 is 0 Å². The van der Waals surface area contributed by atoms with Crippen molar-refractivity contribution in [2.24, 2.45) is 0 Å². The van der Waals surface area contributed by atoms with Crippen molar-refractivity contribution in [3.63, 3.8) is 0 Å². The van der Waals surface area contributed by atoms with Crippen LogP contribution in [0.15, 0.2) is 11.5 Å². The zero-order valence-corrected chi connectivity index (χ0v) is 11.8. The van der Waals surface area contributed by atoms with Crippen LogP contribution in [-0.2, 0) is 17.6 Å². The Morgan fingerprint density at radius 1 is 1.47 bits per heavy atom. The first-order valence-electron chi connectivity index (χ1n) is 6.08. The first kappa shape index (κ1) is 12.6. The van der Waals surface area contributed by atoms with Gasteiger partial charge in [-0.15, -0.1) is 11.3 Å². The van der Waals surface area contributed by atoms with Gasteiger partial charge in [0.2, 0.25) is 5.91 Å². The number of anilines is 1. The number of H-pyrrole nitrogens is 1. The van der Waals surface area contributed by atoms with Gasteiger partial charge in [-0.3, -0.25) is 9.89 Å².